The zero-order valence-electron chi connectivity index (χ0n) is 24.2. The van der Waals surface area contributed by atoms with Crippen LogP contribution in [0.5, 0.6) is 0 Å². The molecule has 3 rings (SSSR count). The number of halogens is 3. The van der Waals surface area contributed by atoms with E-state index in [-0.39, 0.29) is 0 Å². The topological polar surface area (TPSA) is 3.24 Å². The molecule has 0 aliphatic rings. The van der Waals surface area contributed by atoms with Crippen molar-refractivity contribution in [3.8, 4) is 46.1 Å². The van der Waals surface area contributed by atoms with Crippen molar-refractivity contribution in [2.75, 3.05) is 19.0 Å². The van der Waals surface area contributed by atoms with Crippen molar-refractivity contribution in [2.45, 2.75) is 64.3 Å². The number of alkyl halides is 3. The Kier molecular flexibility index (Phi) is 9.09. The summed E-state index contributed by atoms with van der Waals surface area (Å²) in [6.45, 7) is 13.6. The van der Waals surface area contributed by atoms with E-state index < -0.39 is 19.8 Å². The van der Waals surface area contributed by atoms with E-state index in [1.807, 2.05) is 55.4 Å². The van der Waals surface area contributed by atoms with Gasteiger partial charge in [-0.1, -0.05) is 77.6 Å². The lowest BCUT2D eigenvalue weighted by molar-refractivity contribution is -0.137. The first-order chi connectivity index (χ1) is 18.2. The van der Waals surface area contributed by atoms with Gasteiger partial charge in [-0.15, -0.1) is 12.0 Å². The summed E-state index contributed by atoms with van der Waals surface area (Å²) in [5, 5.41) is 0. The molecule has 0 aliphatic heterocycles. The van der Waals surface area contributed by atoms with Crippen LogP contribution in [0.15, 0.2) is 60.7 Å². The van der Waals surface area contributed by atoms with Crippen LogP contribution < -0.4 is 4.90 Å². The highest BCUT2D eigenvalue weighted by molar-refractivity contribution is 6.90. The second-order valence-corrected chi connectivity index (χ2v) is 16.8. The fourth-order valence-corrected chi connectivity index (χ4v) is 10.9. The second kappa shape index (κ2) is 11.8. The highest BCUT2D eigenvalue weighted by atomic mass is 28.3. The summed E-state index contributed by atoms with van der Waals surface area (Å²) < 4.78 is 39.8. The summed E-state index contributed by atoms with van der Waals surface area (Å²) in [6.07, 6.45) is 1.57. The molecule has 0 aromatic heterocycles. The standard InChI is InChI=1S/C34H38F3NSi/c1-10-26-21-33(27-11-15-30(16-12-27)34(35,36)37)29(19-20-39(23(2)3,24(4)5)25(6)7)22-32(26)28-13-17-31(18-14-28)38(8)9/h1,11-18,21-25H,2-9H3. The molecule has 0 fully saturated rings. The predicted octanol–water partition coefficient (Wildman–Crippen LogP) is 9.66. The van der Waals surface area contributed by atoms with Crippen LogP contribution in [0, 0.1) is 23.8 Å². The zero-order valence-corrected chi connectivity index (χ0v) is 25.2. The van der Waals surface area contributed by atoms with E-state index in [9.17, 15) is 13.2 Å². The van der Waals surface area contributed by atoms with Crippen LogP contribution in [0.2, 0.25) is 16.6 Å². The molecule has 0 heterocycles. The van der Waals surface area contributed by atoms with Crippen molar-refractivity contribution >= 4 is 13.8 Å². The number of anilines is 1. The van der Waals surface area contributed by atoms with Crippen molar-refractivity contribution in [2.24, 2.45) is 0 Å². The van der Waals surface area contributed by atoms with Crippen LogP contribution in [-0.2, 0) is 6.18 Å². The third-order valence-corrected chi connectivity index (χ3v) is 14.1. The Hall–Kier alpha value is -3.41. The van der Waals surface area contributed by atoms with Gasteiger partial charge in [0.05, 0.1) is 5.56 Å². The Morgan fingerprint density at radius 1 is 0.718 bits per heavy atom. The van der Waals surface area contributed by atoms with E-state index >= 15 is 0 Å². The van der Waals surface area contributed by atoms with E-state index in [0.29, 0.717) is 27.8 Å². The molecule has 0 saturated carbocycles. The first-order valence-electron chi connectivity index (χ1n) is 13.4. The molecule has 0 atom stereocenters. The van der Waals surface area contributed by atoms with Crippen molar-refractivity contribution in [1.82, 2.24) is 0 Å². The molecule has 0 N–H and O–H groups in total. The van der Waals surface area contributed by atoms with Crippen LogP contribution in [0.4, 0.5) is 18.9 Å². The van der Waals surface area contributed by atoms with Gasteiger partial charge in [0.2, 0.25) is 0 Å². The fourth-order valence-electron chi connectivity index (χ4n) is 5.69. The van der Waals surface area contributed by atoms with Gasteiger partial charge in [0.15, 0.2) is 0 Å². The summed E-state index contributed by atoms with van der Waals surface area (Å²) in [4.78, 5) is 2.03. The molecule has 39 heavy (non-hydrogen) atoms. The highest BCUT2D eigenvalue weighted by Gasteiger charge is 2.41. The Balaban J connectivity index is 2.31. The molecule has 0 spiro atoms. The summed E-state index contributed by atoms with van der Waals surface area (Å²) in [6, 6.07) is 17.3. The van der Waals surface area contributed by atoms with Gasteiger partial charge in [-0.3, -0.25) is 0 Å². The molecule has 5 heteroatoms. The highest BCUT2D eigenvalue weighted by Crippen LogP contribution is 2.41. The lowest BCUT2D eigenvalue weighted by atomic mass is 9.90. The molecule has 3 aromatic rings. The molecular weight excluding hydrogens is 507 g/mol. The normalized spacial score (nSPS) is 11.9. The van der Waals surface area contributed by atoms with Crippen LogP contribution in [0.3, 0.4) is 0 Å². The Morgan fingerprint density at radius 3 is 1.56 bits per heavy atom. The van der Waals surface area contributed by atoms with Gasteiger partial charge in [0, 0.05) is 30.9 Å². The van der Waals surface area contributed by atoms with Gasteiger partial charge in [-0.2, -0.15) is 13.2 Å². The molecule has 3 aromatic carbocycles. The van der Waals surface area contributed by atoms with Crippen molar-refractivity contribution in [3.05, 3.63) is 77.4 Å². The van der Waals surface area contributed by atoms with Gasteiger partial charge in [-0.05, 0) is 75.3 Å². The van der Waals surface area contributed by atoms with Gasteiger partial charge in [-0.25, -0.2) is 0 Å². The van der Waals surface area contributed by atoms with Crippen LogP contribution >= 0.6 is 0 Å². The van der Waals surface area contributed by atoms with E-state index in [1.54, 1.807) is 0 Å². The average molecular weight is 546 g/mol. The Labute approximate surface area is 233 Å². The third-order valence-electron chi connectivity index (χ3n) is 7.81. The van der Waals surface area contributed by atoms with Crippen molar-refractivity contribution in [1.29, 1.82) is 0 Å². The Bertz CT molecular complexity index is 1370. The SMILES string of the molecule is C#Cc1cc(-c2ccc(C(F)(F)F)cc2)c(C#C[Si](C(C)C)(C(C)C)C(C)C)cc1-c1ccc(N(C)C)cc1. The maximum atomic E-state index is 13.3. The molecule has 1 nitrogen and oxygen atoms in total. The van der Waals surface area contributed by atoms with E-state index in [2.05, 4.69) is 58.9 Å². The Morgan fingerprint density at radius 2 is 1.15 bits per heavy atom. The molecule has 0 saturated heterocycles. The summed E-state index contributed by atoms with van der Waals surface area (Å²) in [5.41, 5.74) is 10.2. The van der Waals surface area contributed by atoms with Crippen LogP contribution in [0.1, 0.15) is 58.2 Å². The summed E-state index contributed by atoms with van der Waals surface area (Å²) >= 11 is 0. The van der Waals surface area contributed by atoms with Crippen LogP contribution in [0.25, 0.3) is 22.3 Å². The molecular formula is C34H38F3NSi. The number of hydrogen-bond acceptors (Lipinski definition) is 1. The van der Waals surface area contributed by atoms with E-state index in [4.69, 9.17) is 6.42 Å². The fraction of sp³-hybridized carbons (Fsp3) is 0.353. The maximum Gasteiger partial charge on any atom is 0.416 e. The minimum absolute atomic E-state index is 0.447. The molecule has 0 aliphatic carbocycles. The first kappa shape index (κ1) is 30.1. The molecule has 0 bridgehead atoms. The van der Waals surface area contributed by atoms with Gasteiger partial charge in [0.1, 0.15) is 8.07 Å². The van der Waals surface area contributed by atoms with E-state index in [1.165, 1.54) is 12.1 Å². The van der Waals surface area contributed by atoms with Crippen molar-refractivity contribution < 1.29 is 13.2 Å². The maximum absolute atomic E-state index is 13.3. The molecule has 0 amide bonds. The van der Waals surface area contributed by atoms with Crippen LogP contribution in [-0.4, -0.2) is 22.2 Å². The second-order valence-electron chi connectivity index (χ2n) is 11.3. The number of hydrogen-bond donors (Lipinski definition) is 0. The van der Waals surface area contributed by atoms with Gasteiger partial charge in [0.25, 0.3) is 0 Å². The third kappa shape index (κ3) is 6.26. The average Bonchev–Trinajstić information content (AvgIpc) is 2.87. The smallest absolute Gasteiger partial charge is 0.378 e. The lowest BCUT2D eigenvalue weighted by Gasteiger charge is -2.38. The molecule has 204 valence electrons. The number of rotatable bonds is 6. The predicted molar refractivity (Wildman–Crippen MR) is 163 cm³/mol. The number of benzene rings is 3. The lowest BCUT2D eigenvalue weighted by Crippen LogP contribution is -2.43. The molecule has 0 unspecified atom stereocenters. The van der Waals surface area contributed by atoms with Gasteiger partial charge < -0.3 is 4.90 Å². The summed E-state index contributed by atoms with van der Waals surface area (Å²) in [7, 11) is 1.92. The largest absolute Gasteiger partial charge is 0.416 e. The molecule has 0 radical (unpaired) electrons. The van der Waals surface area contributed by atoms with E-state index in [0.717, 1.165) is 40.1 Å². The number of terminal acetylenes is 1. The first-order valence-corrected chi connectivity index (χ1v) is 15.6. The zero-order chi connectivity index (χ0) is 29.1. The minimum atomic E-state index is -4.40. The van der Waals surface area contributed by atoms with Gasteiger partial charge >= 0.3 is 6.18 Å². The minimum Gasteiger partial charge on any atom is -0.378 e. The quantitative estimate of drug-likeness (QED) is 0.220. The monoisotopic (exact) mass is 545 g/mol. The summed E-state index contributed by atoms with van der Waals surface area (Å²) in [5.74, 6) is 6.35. The van der Waals surface area contributed by atoms with Crippen molar-refractivity contribution in [3.63, 3.8) is 0 Å². The number of nitrogens with zero attached hydrogens (tertiary/aromatic N) is 1.